The SMILES string of the molecule is Cc1cc(C)cc(NC(=O)C2(C(=O)N3CCC4(CC3)OCCO4)CC2)c1. The number of benzene rings is 1. The Balaban J connectivity index is 1.41. The van der Waals surface area contributed by atoms with E-state index < -0.39 is 11.2 Å². The summed E-state index contributed by atoms with van der Waals surface area (Å²) in [6, 6.07) is 5.93. The lowest BCUT2D eigenvalue weighted by Gasteiger charge is -2.38. The van der Waals surface area contributed by atoms with E-state index >= 15 is 0 Å². The van der Waals surface area contributed by atoms with E-state index in [1.807, 2.05) is 30.9 Å². The second kappa shape index (κ2) is 6.35. The Hall–Kier alpha value is -1.92. The third kappa shape index (κ3) is 3.12. The molecule has 0 bridgehead atoms. The summed E-state index contributed by atoms with van der Waals surface area (Å²) in [5.74, 6) is -0.733. The Kier molecular flexibility index (Phi) is 4.28. The van der Waals surface area contributed by atoms with E-state index in [-0.39, 0.29) is 11.8 Å². The monoisotopic (exact) mass is 358 g/mol. The Morgan fingerprint density at radius 1 is 0.962 bits per heavy atom. The third-order valence-electron chi connectivity index (χ3n) is 5.70. The number of hydrogen-bond donors (Lipinski definition) is 1. The van der Waals surface area contributed by atoms with Crippen molar-refractivity contribution < 1.29 is 19.1 Å². The van der Waals surface area contributed by atoms with Gasteiger partial charge in [-0.3, -0.25) is 9.59 Å². The highest BCUT2D eigenvalue weighted by atomic mass is 16.7. The van der Waals surface area contributed by atoms with Crippen LogP contribution in [-0.4, -0.2) is 48.8 Å². The molecular weight excluding hydrogens is 332 g/mol. The number of hydrogen-bond acceptors (Lipinski definition) is 4. The molecule has 1 N–H and O–H groups in total. The summed E-state index contributed by atoms with van der Waals surface area (Å²) in [6.07, 6.45) is 2.59. The summed E-state index contributed by atoms with van der Waals surface area (Å²) in [4.78, 5) is 27.7. The van der Waals surface area contributed by atoms with E-state index in [1.54, 1.807) is 0 Å². The molecule has 0 unspecified atom stereocenters. The van der Waals surface area contributed by atoms with E-state index in [4.69, 9.17) is 9.47 Å². The molecule has 2 heterocycles. The maximum atomic E-state index is 13.0. The number of rotatable bonds is 3. The number of ether oxygens (including phenoxy) is 2. The Labute approximate surface area is 153 Å². The molecule has 6 heteroatoms. The summed E-state index contributed by atoms with van der Waals surface area (Å²) in [7, 11) is 0. The lowest BCUT2D eigenvalue weighted by atomic mass is 9.98. The van der Waals surface area contributed by atoms with Crippen molar-refractivity contribution in [2.24, 2.45) is 5.41 Å². The number of anilines is 1. The fourth-order valence-electron chi connectivity index (χ4n) is 4.10. The fraction of sp³-hybridized carbons (Fsp3) is 0.600. The van der Waals surface area contributed by atoms with Gasteiger partial charge in [-0.05, 0) is 49.9 Å². The van der Waals surface area contributed by atoms with Crippen molar-refractivity contribution in [3.63, 3.8) is 0 Å². The molecule has 6 nitrogen and oxygen atoms in total. The summed E-state index contributed by atoms with van der Waals surface area (Å²) in [6.45, 7) is 6.40. The number of aryl methyl sites for hydroxylation is 2. The van der Waals surface area contributed by atoms with Crippen molar-refractivity contribution >= 4 is 17.5 Å². The molecule has 2 saturated heterocycles. The zero-order valence-electron chi connectivity index (χ0n) is 15.5. The highest BCUT2D eigenvalue weighted by molar-refractivity contribution is 6.13. The number of carbonyl (C=O) groups is 2. The number of amides is 2. The first-order valence-corrected chi connectivity index (χ1v) is 9.40. The van der Waals surface area contributed by atoms with Crippen molar-refractivity contribution in [1.82, 2.24) is 4.90 Å². The van der Waals surface area contributed by atoms with Gasteiger partial charge in [0.25, 0.3) is 0 Å². The van der Waals surface area contributed by atoms with E-state index in [9.17, 15) is 9.59 Å². The predicted molar refractivity (Wildman–Crippen MR) is 96.7 cm³/mol. The quantitative estimate of drug-likeness (QED) is 0.843. The first-order chi connectivity index (χ1) is 12.4. The average molecular weight is 358 g/mol. The highest BCUT2D eigenvalue weighted by Crippen LogP contribution is 2.49. The lowest BCUT2D eigenvalue weighted by Crippen LogP contribution is -2.51. The van der Waals surface area contributed by atoms with Gasteiger partial charge in [0, 0.05) is 31.6 Å². The van der Waals surface area contributed by atoms with Crippen LogP contribution in [0, 0.1) is 19.3 Å². The van der Waals surface area contributed by atoms with E-state index in [0.717, 1.165) is 16.8 Å². The molecule has 1 aromatic rings. The van der Waals surface area contributed by atoms with Crippen molar-refractivity contribution in [3.8, 4) is 0 Å². The van der Waals surface area contributed by atoms with Gasteiger partial charge in [-0.15, -0.1) is 0 Å². The van der Waals surface area contributed by atoms with Crippen LogP contribution in [0.25, 0.3) is 0 Å². The molecule has 0 radical (unpaired) electrons. The van der Waals surface area contributed by atoms with Gasteiger partial charge in [0.1, 0.15) is 5.41 Å². The largest absolute Gasteiger partial charge is 0.347 e. The third-order valence-corrected chi connectivity index (χ3v) is 5.70. The molecule has 1 spiro atoms. The number of likely N-dealkylation sites (tertiary alicyclic amines) is 1. The van der Waals surface area contributed by atoms with Gasteiger partial charge < -0.3 is 19.7 Å². The van der Waals surface area contributed by atoms with Gasteiger partial charge in [0.15, 0.2) is 5.79 Å². The number of nitrogens with one attached hydrogen (secondary N) is 1. The molecule has 140 valence electrons. The van der Waals surface area contributed by atoms with Gasteiger partial charge in [0.2, 0.25) is 11.8 Å². The maximum Gasteiger partial charge on any atom is 0.240 e. The molecule has 1 aromatic carbocycles. The van der Waals surface area contributed by atoms with Gasteiger partial charge >= 0.3 is 0 Å². The Bertz CT molecular complexity index is 705. The molecule has 2 amide bonds. The van der Waals surface area contributed by atoms with Crippen molar-refractivity contribution in [3.05, 3.63) is 29.3 Å². The first-order valence-electron chi connectivity index (χ1n) is 9.40. The van der Waals surface area contributed by atoms with E-state index in [1.165, 1.54) is 0 Å². The van der Waals surface area contributed by atoms with Crippen LogP contribution in [0.2, 0.25) is 0 Å². The predicted octanol–water partition coefficient (Wildman–Crippen LogP) is 2.39. The zero-order chi connectivity index (χ0) is 18.4. The molecule has 3 fully saturated rings. The minimum Gasteiger partial charge on any atom is -0.347 e. The van der Waals surface area contributed by atoms with Crippen LogP contribution >= 0.6 is 0 Å². The second-order valence-electron chi connectivity index (χ2n) is 7.81. The molecule has 0 atom stereocenters. The summed E-state index contributed by atoms with van der Waals surface area (Å²) in [5.41, 5.74) is 2.06. The number of piperidine rings is 1. The van der Waals surface area contributed by atoms with Crippen molar-refractivity contribution in [2.45, 2.75) is 45.3 Å². The molecule has 4 rings (SSSR count). The van der Waals surface area contributed by atoms with Crippen molar-refractivity contribution in [1.29, 1.82) is 0 Å². The minimum absolute atomic E-state index is 0.0489. The summed E-state index contributed by atoms with van der Waals surface area (Å²) < 4.78 is 11.4. The van der Waals surface area contributed by atoms with Crippen LogP contribution < -0.4 is 5.32 Å². The molecule has 26 heavy (non-hydrogen) atoms. The summed E-state index contributed by atoms with van der Waals surface area (Å²) >= 11 is 0. The smallest absolute Gasteiger partial charge is 0.240 e. The topological polar surface area (TPSA) is 67.9 Å². The average Bonchev–Trinajstić information content (AvgIpc) is 3.30. The van der Waals surface area contributed by atoms with Gasteiger partial charge in [0.05, 0.1) is 13.2 Å². The number of nitrogens with zero attached hydrogens (tertiary/aromatic N) is 1. The van der Waals surface area contributed by atoms with E-state index in [2.05, 4.69) is 11.4 Å². The normalized spacial score (nSPS) is 23.1. The first kappa shape index (κ1) is 17.5. The second-order valence-corrected chi connectivity index (χ2v) is 7.81. The van der Waals surface area contributed by atoms with E-state index in [0.29, 0.717) is 52.0 Å². The zero-order valence-corrected chi connectivity index (χ0v) is 15.5. The summed E-state index contributed by atoms with van der Waals surface area (Å²) in [5, 5.41) is 2.96. The molecule has 1 saturated carbocycles. The van der Waals surface area contributed by atoms with Crippen LogP contribution in [0.15, 0.2) is 18.2 Å². The Morgan fingerprint density at radius 2 is 1.54 bits per heavy atom. The maximum absolute atomic E-state index is 13.0. The molecule has 1 aliphatic carbocycles. The van der Waals surface area contributed by atoms with Crippen LogP contribution in [-0.2, 0) is 19.1 Å². The standard InChI is InChI=1S/C20H26N2O4/c1-14-11-15(2)13-16(12-14)21-17(23)19(3-4-19)18(24)22-7-5-20(6-8-22)25-9-10-26-20/h11-13H,3-10H2,1-2H3,(H,21,23). The van der Waals surface area contributed by atoms with Crippen LogP contribution in [0.3, 0.4) is 0 Å². The lowest BCUT2D eigenvalue weighted by molar-refractivity contribution is -0.188. The fourth-order valence-corrected chi connectivity index (χ4v) is 4.10. The molecule has 2 aliphatic heterocycles. The van der Waals surface area contributed by atoms with Crippen LogP contribution in [0.1, 0.15) is 36.8 Å². The van der Waals surface area contributed by atoms with Gasteiger partial charge in [-0.25, -0.2) is 0 Å². The van der Waals surface area contributed by atoms with Gasteiger partial charge in [-0.2, -0.15) is 0 Å². The molecular formula is C20H26N2O4. The van der Waals surface area contributed by atoms with Crippen molar-refractivity contribution in [2.75, 3.05) is 31.6 Å². The van der Waals surface area contributed by atoms with Gasteiger partial charge in [-0.1, -0.05) is 6.07 Å². The molecule has 0 aromatic heterocycles. The number of carbonyl (C=O) groups excluding carboxylic acids is 2. The highest BCUT2D eigenvalue weighted by Gasteiger charge is 2.58. The minimum atomic E-state index is -0.889. The van der Waals surface area contributed by atoms with Crippen LogP contribution in [0.5, 0.6) is 0 Å². The Morgan fingerprint density at radius 3 is 2.08 bits per heavy atom. The molecule has 3 aliphatic rings. The van der Waals surface area contributed by atoms with Crippen LogP contribution in [0.4, 0.5) is 5.69 Å².